The van der Waals surface area contributed by atoms with E-state index >= 15 is 0 Å². The van der Waals surface area contributed by atoms with Gasteiger partial charge in [0, 0.05) is 47.6 Å². The molecule has 4 nitrogen and oxygen atoms in total. The van der Waals surface area contributed by atoms with Gasteiger partial charge in [-0.05, 0) is 98.8 Å². The minimum Gasteiger partial charge on any atom is -0.456 e. The van der Waals surface area contributed by atoms with Gasteiger partial charge in [0.05, 0.1) is 0 Å². The van der Waals surface area contributed by atoms with Gasteiger partial charge in [0.25, 0.3) is 0 Å². The van der Waals surface area contributed by atoms with Crippen molar-refractivity contribution in [3.05, 3.63) is 200 Å². The minimum atomic E-state index is 0.625. The smallest absolute Gasteiger partial charge is 0.164 e. The monoisotopic (exact) mass is 783 g/mol. The largest absolute Gasteiger partial charge is 0.456 e. The van der Waals surface area contributed by atoms with Crippen LogP contribution in [0.2, 0.25) is 0 Å². The van der Waals surface area contributed by atoms with Gasteiger partial charge in [-0.1, -0.05) is 146 Å². The Balaban J connectivity index is 0.965. The third kappa shape index (κ3) is 5.95. The quantitative estimate of drug-likeness (QED) is 0.169. The fourth-order valence-corrected chi connectivity index (χ4v) is 9.61. The average molecular weight is 784 g/mol. The van der Waals surface area contributed by atoms with Crippen molar-refractivity contribution in [2.24, 2.45) is 0 Å². The zero-order valence-corrected chi connectivity index (χ0v) is 33.0. The first kappa shape index (κ1) is 34.3. The van der Waals surface area contributed by atoms with Crippen LogP contribution in [0, 0.1) is 0 Å². The first-order chi connectivity index (χ1) is 29.7. The summed E-state index contributed by atoms with van der Waals surface area (Å²) in [5.41, 5.74) is 11.4. The van der Waals surface area contributed by atoms with Crippen LogP contribution in [0.4, 0.5) is 0 Å². The predicted octanol–water partition coefficient (Wildman–Crippen LogP) is 15.3. The van der Waals surface area contributed by atoms with Crippen LogP contribution in [-0.2, 0) is 0 Å². The molecule has 12 aromatic rings. The van der Waals surface area contributed by atoms with Crippen molar-refractivity contribution < 1.29 is 4.42 Å². The van der Waals surface area contributed by atoms with E-state index in [2.05, 4.69) is 164 Å². The van der Waals surface area contributed by atoms with Gasteiger partial charge in [-0.3, -0.25) is 0 Å². The van der Waals surface area contributed by atoms with Gasteiger partial charge < -0.3 is 4.42 Å². The zero-order valence-electron chi connectivity index (χ0n) is 32.2. The summed E-state index contributed by atoms with van der Waals surface area (Å²) in [7, 11) is 0. The number of rotatable bonds is 6. The van der Waals surface area contributed by atoms with Gasteiger partial charge in [0.15, 0.2) is 17.5 Å². The molecule has 9 aromatic carbocycles. The van der Waals surface area contributed by atoms with Crippen LogP contribution in [0.1, 0.15) is 0 Å². The van der Waals surface area contributed by atoms with Crippen LogP contribution in [0.15, 0.2) is 205 Å². The van der Waals surface area contributed by atoms with Crippen LogP contribution in [0.25, 0.3) is 120 Å². The Morgan fingerprint density at radius 2 is 0.883 bits per heavy atom. The Morgan fingerprint density at radius 3 is 1.70 bits per heavy atom. The number of thiophene rings is 1. The summed E-state index contributed by atoms with van der Waals surface area (Å²) in [5.74, 6) is 1.89. The first-order valence-corrected chi connectivity index (χ1v) is 20.9. The van der Waals surface area contributed by atoms with Crippen molar-refractivity contribution in [1.82, 2.24) is 15.0 Å². The fraction of sp³-hybridized carbons (Fsp3) is 0. The standard InChI is InChI=1S/C55H33N3OS/c1-3-11-34(12-4-1)37-15-9-16-41(29-37)54-56-53(36-13-5-2-6-14-36)57-55(58-54)42-24-22-35-21-23-40(30-43(35)31-42)44-18-10-19-49-52(44)47-33-38(25-27-48(47)59-49)39-26-28-51-46(32-39)45-17-7-8-20-50(45)60-51/h1-33H. The van der Waals surface area contributed by atoms with E-state index < -0.39 is 0 Å². The molecule has 0 fully saturated rings. The van der Waals surface area contributed by atoms with E-state index in [1.54, 1.807) is 0 Å². The van der Waals surface area contributed by atoms with E-state index in [9.17, 15) is 0 Å². The second kappa shape index (κ2) is 14.0. The lowest BCUT2D eigenvalue weighted by molar-refractivity contribution is 0.669. The zero-order chi connectivity index (χ0) is 39.6. The van der Waals surface area contributed by atoms with E-state index in [4.69, 9.17) is 19.4 Å². The lowest BCUT2D eigenvalue weighted by Crippen LogP contribution is -2.00. The van der Waals surface area contributed by atoms with E-state index in [0.717, 1.165) is 71.7 Å². The summed E-state index contributed by atoms with van der Waals surface area (Å²) in [6.07, 6.45) is 0. The number of hydrogen-bond donors (Lipinski definition) is 0. The molecule has 12 rings (SSSR count). The molecule has 0 saturated carbocycles. The highest BCUT2D eigenvalue weighted by atomic mass is 32.1. The normalized spacial score (nSPS) is 11.7. The second-order valence-corrected chi connectivity index (χ2v) is 16.3. The molecule has 60 heavy (non-hydrogen) atoms. The molecule has 3 heterocycles. The third-order valence-corrected chi connectivity index (χ3v) is 12.7. The Labute approximate surface area is 349 Å². The van der Waals surface area contributed by atoms with E-state index in [0.29, 0.717) is 17.5 Å². The van der Waals surface area contributed by atoms with Crippen molar-refractivity contribution >= 4 is 64.2 Å². The molecule has 0 radical (unpaired) electrons. The van der Waals surface area contributed by atoms with Crippen molar-refractivity contribution in [2.75, 3.05) is 0 Å². The van der Waals surface area contributed by atoms with Crippen LogP contribution in [0.5, 0.6) is 0 Å². The molecule has 0 spiro atoms. The highest BCUT2D eigenvalue weighted by molar-refractivity contribution is 7.25. The molecule has 280 valence electrons. The highest BCUT2D eigenvalue weighted by Crippen LogP contribution is 2.41. The Morgan fingerprint density at radius 1 is 0.317 bits per heavy atom. The molecule has 0 unspecified atom stereocenters. The maximum Gasteiger partial charge on any atom is 0.164 e. The van der Waals surface area contributed by atoms with E-state index in [1.807, 2.05) is 47.7 Å². The van der Waals surface area contributed by atoms with Crippen LogP contribution >= 0.6 is 11.3 Å². The van der Waals surface area contributed by atoms with Crippen molar-refractivity contribution in [1.29, 1.82) is 0 Å². The van der Waals surface area contributed by atoms with Gasteiger partial charge in [0.2, 0.25) is 0 Å². The number of fused-ring (bicyclic) bond motifs is 7. The average Bonchev–Trinajstić information content (AvgIpc) is 3.89. The number of hydrogen-bond acceptors (Lipinski definition) is 5. The van der Waals surface area contributed by atoms with Crippen LogP contribution in [-0.4, -0.2) is 15.0 Å². The number of aromatic nitrogens is 3. The number of benzene rings is 9. The maximum absolute atomic E-state index is 6.49. The van der Waals surface area contributed by atoms with Gasteiger partial charge in [0.1, 0.15) is 11.2 Å². The summed E-state index contributed by atoms with van der Waals surface area (Å²) >= 11 is 1.85. The van der Waals surface area contributed by atoms with Gasteiger partial charge in [-0.25, -0.2) is 15.0 Å². The maximum atomic E-state index is 6.49. The Hall–Kier alpha value is -7.73. The SMILES string of the molecule is c1ccc(-c2cccc(-c3nc(-c4ccccc4)nc(-c4ccc5ccc(-c6cccc7oc8ccc(-c9ccc%10sc%11ccccc%11c%10c9)cc8c67)cc5c4)n3)c2)cc1. The molecule has 3 aromatic heterocycles. The predicted molar refractivity (Wildman–Crippen MR) is 250 cm³/mol. The number of nitrogens with zero attached hydrogens (tertiary/aromatic N) is 3. The third-order valence-electron chi connectivity index (χ3n) is 11.5. The molecule has 0 aliphatic carbocycles. The van der Waals surface area contributed by atoms with Gasteiger partial charge in [-0.2, -0.15) is 0 Å². The summed E-state index contributed by atoms with van der Waals surface area (Å²) in [5, 5.41) is 7.05. The molecule has 0 amide bonds. The Kier molecular flexibility index (Phi) is 8.00. The van der Waals surface area contributed by atoms with Crippen LogP contribution in [0.3, 0.4) is 0 Å². The topological polar surface area (TPSA) is 51.8 Å². The van der Waals surface area contributed by atoms with E-state index in [1.165, 1.54) is 31.3 Å². The Bertz CT molecular complexity index is 3610. The lowest BCUT2D eigenvalue weighted by Gasteiger charge is -2.11. The van der Waals surface area contributed by atoms with Crippen molar-refractivity contribution in [3.8, 4) is 67.5 Å². The highest BCUT2D eigenvalue weighted by Gasteiger charge is 2.17. The summed E-state index contributed by atoms with van der Waals surface area (Å²) in [4.78, 5) is 15.2. The lowest BCUT2D eigenvalue weighted by atomic mass is 9.95. The minimum absolute atomic E-state index is 0.625. The number of furan rings is 1. The van der Waals surface area contributed by atoms with Gasteiger partial charge >= 0.3 is 0 Å². The summed E-state index contributed by atoms with van der Waals surface area (Å²) < 4.78 is 9.11. The molecule has 0 N–H and O–H groups in total. The fourth-order valence-electron chi connectivity index (χ4n) is 8.52. The molecular formula is C55H33N3OS. The molecule has 5 heteroatoms. The first-order valence-electron chi connectivity index (χ1n) is 20.1. The van der Waals surface area contributed by atoms with Crippen molar-refractivity contribution in [2.45, 2.75) is 0 Å². The molecule has 0 aliphatic heterocycles. The van der Waals surface area contributed by atoms with Crippen molar-refractivity contribution in [3.63, 3.8) is 0 Å². The molecule has 0 atom stereocenters. The van der Waals surface area contributed by atoms with E-state index in [-0.39, 0.29) is 0 Å². The molecule has 0 aliphatic rings. The molecule has 0 bridgehead atoms. The summed E-state index contributed by atoms with van der Waals surface area (Å²) in [6, 6.07) is 70.5. The molecular weight excluding hydrogens is 751 g/mol. The van der Waals surface area contributed by atoms with Gasteiger partial charge in [-0.15, -0.1) is 11.3 Å². The van der Waals surface area contributed by atoms with Crippen LogP contribution < -0.4 is 0 Å². The second-order valence-electron chi connectivity index (χ2n) is 15.2. The molecule has 0 saturated heterocycles. The summed E-state index contributed by atoms with van der Waals surface area (Å²) in [6.45, 7) is 0.